The molecule has 2 heteroatoms. The average Bonchev–Trinajstić information content (AvgIpc) is 2.74. The Morgan fingerprint density at radius 2 is 2.00 bits per heavy atom. The van der Waals surface area contributed by atoms with E-state index in [1.807, 2.05) is 0 Å². The van der Waals surface area contributed by atoms with Crippen LogP contribution in [0.2, 0.25) is 0 Å². The molecule has 0 aromatic heterocycles. The fourth-order valence-corrected chi connectivity index (χ4v) is 2.22. The highest BCUT2D eigenvalue weighted by molar-refractivity contribution is 4.73. The van der Waals surface area contributed by atoms with E-state index < -0.39 is 0 Å². The van der Waals surface area contributed by atoms with Gasteiger partial charge in [-0.25, -0.2) is 0 Å². The van der Waals surface area contributed by atoms with Crippen LogP contribution in [-0.4, -0.2) is 25.8 Å². The second-order valence-corrected chi connectivity index (χ2v) is 4.10. The van der Waals surface area contributed by atoms with Crippen molar-refractivity contribution < 1.29 is 4.74 Å². The summed E-state index contributed by atoms with van der Waals surface area (Å²) >= 11 is 0. The maximum absolute atomic E-state index is 5.82. The van der Waals surface area contributed by atoms with Crippen molar-refractivity contribution in [1.82, 2.24) is 5.32 Å². The van der Waals surface area contributed by atoms with E-state index in [4.69, 9.17) is 4.74 Å². The largest absolute Gasteiger partial charge is 0.377 e. The van der Waals surface area contributed by atoms with Crippen LogP contribution in [-0.2, 0) is 4.74 Å². The third kappa shape index (κ3) is 2.20. The zero-order chi connectivity index (χ0) is 8.23. The number of ether oxygens (including phenoxy) is 1. The van der Waals surface area contributed by atoms with Gasteiger partial charge < -0.3 is 10.1 Å². The Balaban J connectivity index is 1.60. The molecule has 0 bridgehead atoms. The molecule has 2 nitrogen and oxygen atoms in total. The molecule has 0 radical (unpaired) electrons. The van der Waals surface area contributed by atoms with Crippen LogP contribution in [0.1, 0.15) is 32.1 Å². The van der Waals surface area contributed by atoms with Crippen LogP contribution >= 0.6 is 0 Å². The lowest BCUT2D eigenvalue weighted by Gasteiger charge is -2.14. The van der Waals surface area contributed by atoms with Gasteiger partial charge in [0.2, 0.25) is 0 Å². The quantitative estimate of drug-likeness (QED) is 0.692. The van der Waals surface area contributed by atoms with E-state index in [0.29, 0.717) is 6.10 Å². The molecule has 2 aliphatic rings. The van der Waals surface area contributed by atoms with Crippen LogP contribution in [0.5, 0.6) is 0 Å². The van der Waals surface area contributed by atoms with Crippen LogP contribution < -0.4 is 5.32 Å². The SMILES string of the molecule is C1CCC(COC2CCNC2)C1. The minimum absolute atomic E-state index is 0.519. The summed E-state index contributed by atoms with van der Waals surface area (Å²) in [6, 6.07) is 0. The highest BCUT2D eigenvalue weighted by Gasteiger charge is 2.19. The molecule has 1 heterocycles. The number of hydrogen-bond donors (Lipinski definition) is 1. The van der Waals surface area contributed by atoms with Gasteiger partial charge in [-0.2, -0.15) is 0 Å². The van der Waals surface area contributed by atoms with Crippen LogP contribution in [0.15, 0.2) is 0 Å². The second kappa shape index (κ2) is 4.24. The third-order valence-electron chi connectivity index (χ3n) is 3.06. The van der Waals surface area contributed by atoms with Gasteiger partial charge in [-0.15, -0.1) is 0 Å². The molecule has 0 spiro atoms. The van der Waals surface area contributed by atoms with E-state index in [1.165, 1.54) is 32.1 Å². The Hall–Kier alpha value is -0.0800. The van der Waals surface area contributed by atoms with Gasteiger partial charge in [0.15, 0.2) is 0 Å². The fraction of sp³-hybridized carbons (Fsp3) is 1.00. The molecule has 1 saturated heterocycles. The first-order valence-electron chi connectivity index (χ1n) is 5.27. The van der Waals surface area contributed by atoms with Gasteiger partial charge in [-0.3, -0.25) is 0 Å². The minimum Gasteiger partial charge on any atom is -0.377 e. The molecule has 0 aromatic carbocycles. The summed E-state index contributed by atoms with van der Waals surface area (Å²) < 4.78 is 5.82. The first-order valence-corrected chi connectivity index (χ1v) is 5.27. The van der Waals surface area contributed by atoms with Gasteiger partial charge in [0.25, 0.3) is 0 Å². The second-order valence-electron chi connectivity index (χ2n) is 4.10. The predicted molar refractivity (Wildman–Crippen MR) is 49.2 cm³/mol. The third-order valence-corrected chi connectivity index (χ3v) is 3.06. The van der Waals surface area contributed by atoms with E-state index in [-0.39, 0.29) is 0 Å². The molecular formula is C10H19NO. The lowest BCUT2D eigenvalue weighted by Crippen LogP contribution is -2.19. The van der Waals surface area contributed by atoms with Gasteiger partial charge in [-0.05, 0) is 31.7 Å². The molecule has 1 aliphatic carbocycles. The number of nitrogens with one attached hydrogen (secondary N) is 1. The smallest absolute Gasteiger partial charge is 0.0711 e. The molecule has 0 amide bonds. The molecule has 1 aliphatic heterocycles. The van der Waals surface area contributed by atoms with E-state index in [1.54, 1.807) is 0 Å². The highest BCUT2D eigenvalue weighted by atomic mass is 16.5. The summed E-state index contributed by atoms with van der Waals surface area (Å²) in [5, 5.41) is 3.32. The Morgan fingerprint density at radius 3 is 2.67 bits per heavy atom. The van der Waals surface area contributed by atoms with Crippen LogP contribution in [0.3, 0.4) is 0 Å². The summed E-state index contributed by atoms with van der Waals surface area (Å²) in [6.07, 6.45) is 7.39. The zero-order valence-corrected chi connectivity index (χ0v) is 7.72. The van der Waals surface area contributed by atoms with Gasteiger partial charge >= 0.3 is 0 Å². The Kier molecular flexibility index (Phi) is 3.01. The summed E-state index contributed by atoms with van der Waals surface area (Å²) in [6.45, 7) is 3.24. The van der Waals surface area contributed by atoms with Crippen molar-refractivity contribution in [1.29, 1.82) is 0 Å². The average molecular weight is 169 g/mol. The maximum Gasteiger partial charge on any atom is 0.0711 e. The van der Waals surface area contributed by atoms with Crippen LogP contribution in [0.25, 0.3) is 0 Å². The first-order chi connectivity index (χ1) is 5.95. The van der Waals surface area contributed by atoms with Crippen molar-refractivity contribution in [2.75, 3.05) is 19.7 Å². The molecular weight excluding hydrogens is 150 g/mol. The Morgan fingerprint density at radius 1 is 1.17 bits per heavy atom. The van der Waals surface area contributed by atoms with Crippen molar-refractivity contribution in [3.63, 3.8) is 0 Å². The van der Waals surface area contributed by atoms with E-state index in [2.05, 4.69) is 5.32 Å². The number of hydrogen-bond acceptors (Lipinski definition) is 2. The first kappa shape index (κ1) is 8.52. The van der Waals surface area contributed by atoms with Gasteiger partial charge in [0.1, 0.15) is 0 Å². The predicted octanol–water partition coefficient (Wildman–Crippen LogP) is 1.56. The normalized spacial score (nSPS) is 31.5. The zero-order valence-electron chi connectivity index (χ0n) is 7.72. The molecule has 1 N–H and O–H groups in total. The topological polar surface area (TPSA) is 21.3 Å². The molecule has 70 valence electrons. The summed E-state index contributed by atoms with van der Waals surface area (Å²) in [5.41, 5.74) is 0. The Labute approximate surface area is 74.7 Å². The fourth-order valence-electron chi connectivity index (χ4n) is 2.22. The molecule has 2 rings (SSSR count). The Bertz CT molecular complexity index is 110. The van der Waals surface area contributed by atoms with Crippen molar-refractivity contribution in [2.24, 2.45) is 5.92 Å². The maximum atomic E-state index is 5.82. The van der Waals surface area contributed by atoms with Crippen molar-refractivity contribution in [3.05, 3.63) is 0 Å². The summed E-state index contributed by atoms with van der Waals surface area (Å²) in [7, 11) is 0. The summed E-state index contributed by atoms with van der Waals surface area (Å²) in [5.74, 6) is 0.880. The lowest BCUT2D eigenvalue weighted by atomic mass is 10.1. The van der Waals surface area contributed by atoms with Crippen molar-refractivity contribution >= 4 is 0 Å². The minimum atomic E-state index is 0.519. The molecule has 1 unspecified atom stereocenters. The standard InChI is InChI=1S/C10H19NO/c1-2-4-9(3-1)8-12-10-5-6-11-7-10/h9-11H,1-8H2. The van der Waals surface area contributed by atoms with Crippen LogP contribution in [0, 0.1) is 5.92 Å². The molecule has 12 heavy (non-hydrogen) atoms. The highest BCUT2D eigenvalue weighted by Crippen LogP contribution is 2.25. The van der Waals surface area contributed by atoms with E-state index in [0.717, 1.165) is 25.6 Å². The monoisotopic (exact) mass is 169 g/mol. The van der Waals surface area contributed by atoms with Crippen molar-refractivity contribution in [2.45, 2.75) is 38.2 Å². The van der Waals surface area contributed by atoms with Gasteiger partial charge in [0, 0.05) is 13.2 Å². The van der Waals surface area contributed by atoms with Gasteiger partial charge in [0.05, 0.1) is 6.10 Å². The van der Waals surface area contributed by atoms with Gasteiger partial charge in [-0.1, -0.05) is 12.8 Å². The molecule has 1 atom stereocenters. The van der Waals surface area contributed by atoms with Crippen LogP contribution in [0.4, 0.5) is 0 Å². The van der Waals surface area contributed by atoms with E-state index >= 15 is 0 Å². The summed E-state index contributed by atoms with van der Waals surface area (Å²) in [4.78, 5) is 0. The molecule has 2 fully saturated rings. The van der Waals surface area contributed by atoms with E-state index in [9.17, 15) is 0 Å². The molecule has 0 aromatic rings. The lowest BCUT2D eigenvalue weighted by molar-refractivity contribution is 0.0425. The van der Waals surface area contributed by atoms with Crippen molar-refractivity contribution in [3.8, 4) is 0 Å². The molecule has 1 saturated carbocycles. The number of rotatable bonds is 3.